The number of benzene rings is 1. The molecule has 1 amide bonds. The number of aliphatic hydroxyl groups is 1. The van der Waals surface area contributed by atoms with Crippen LogP contribution in [0.15, 0.2) is 83.5 Å². The number of amides is 1. The number of likely N-dealkylation sites (tertiary alicyclic amines) is 1. The molecule has 0 spiro atoms. The molecule has 0 aliphatic carbocycles. The second-order valence-corrected chi connectivity index (χ2v) is 12.9. The summed E-state index contributed by atoms with van der Waals surface area (Å²) < 4.78 is 5.14. The van der Waals surface area contributed by atoms with E-state index in [1.807, 2.05) is 52.0 Å². The predicted octanol–water partition coefficient (Wildman–Crippen LogP) is 8.15. The van der Waals surface area contributed by atoms with Gasteiger partial charge in [-0.1, -0.05) is 98.2 Å². The number of allylic oxidation sites excluding steroid dienone is 2. The van der Waals surface area contributed by atoms with E-state index in [4.69, 9.17) is 32.1 Å². The minimum absolute atomic E-state index is 0.0215. The highest BCUT2D eigenvalue weighted by molar-refractivity contribution is 5.95. The van der Waals surface area contributed by atoms with E-state index in [9.17, 15) is 14.4 Å². The third-order valence-corrected chi connectivity index (χ3v) is 7.52. The van der Waals surface area contributed by atoms with Gasteiger partial charge in [0.25, 0.3) is 5.91 Å². The fraction of sp³-hybridized carbons (Fsp3) is 0.523. The molecule has 12 heteroatoms. The van der Waals surface area contributed by atoms with Crippen LogP contribution in [0.4, 0.5) is 0 Å². The first kappa shape index (κ1) is 55.4. The first-order chi connectivity index (χ1) is 26.6. The number of carbonyl (C=O) groups excluding carboxylic acids is 2. The fourth-order valence-electron chi connectivity index (χ4n) is 5.32. The van der Waals surface area contributed by atoms with Gasteiger partial charge in [-0.05, 0) is 80.9 Å². The molecule has 3 heterocycles. The number of carbonyl (C=O) groups is 2. The highest BCUT2D eigenvalue weighted by atomic mass is 16.5. The Kier molecular flexibility index (Phi) is 33.0. The van der Waals surface area contributed by atoms with Crippen LogP contribution >= 0.6 is 0 Å². The van der Waals surface area contributed by atoms with E-state index in [1.165, 1.54) is 19.6 Å². The standard InChI is InChI=1S/C26H31N5O4.C7H13N.C3H7N.C3H8.2C2H6.CH4O/c1-35-25(34)21(14-17-4-2-12-30(16-17)26(27)28)22-5-3-13-31(22)24(33)19-8-6-18(7-9-19)20-10-11-23(32)29-15-20;1-6(2)4-5-7(3)8;1-3(2)4;1-3-2;3*1-2/h4,6-11,15,21-22H,2-3,5,12-14,16H2,1H3,(H3,27,28)(H,29,32);4-6H,3,8H2,1-2H3;4H,1-2H3;3H2,1-2H3;2*1-2H3;2H,1H3/b;5-4-;;;;;. The maximum Gasteiger partial charge on any atom is 0.311 e. The van der Waals surface area contributed by atoms with E-state index in [-0.39, 0.29) is 29.4 Å². The SMILES string of the molecule is C=C(N)/C=C\C(C)C.CC.CC.CC(C)=N.CCC.CO.COC(=O)C(CC1=CCCN(C(=N)N)C1)C1CCCN1C(=O)c1ccc(-c2ccc(=O)[nH]c2)cc1. The van der Waals surface area contributed by atoms with Gasteiger partial charge in [-0.15, -0.1) is 0 Å². The topological polar surface area (TPSA) is 203 Å². The summed E-state index contributed by atoms with van der Waals surface area (Å²) in [6.07, 6.45) is 11.6. The van der Waals surface area contributed by atoms with Crippen molar-refractivity contribution in [3.63, 3.8) is 0 Å². The van der Waals surface area contributed by atoms with Crippen molar-refractivity contribution in [3.05, 3.63) is 94.6 Å². The molecule has 1 aromatic heterocycles. The van der Waals surface area contributed by atoms with E-state index in [0.717, 1.165) is 43.1 Å². The van der Waals surface area contributed by atoms with Crippen molar-refractivity contribution in [2.24, 2.45) is 23.3 Å². The van der Waals surface area contributed by atoms with E-state index in [1.54, 1.807) is 48.0 Å². The molecule has 2 atom stereocenters. The summed E-state index contributed by atoms with van der Waals surface area (Å²) in [6, 6.07) is 10.2. The highest BCUT2D eigenvalue weighted by Gasteiger charge is 2.40. The number of ether oxygens (including phenoxy) is 1. The molecule has 2 aliphatic rings. The van der Waals surface area contributed by atoms with Gasteiger partial charge in [0, 0.05) is 62.0 Å². The smallest absolute Gasteiger partial charge is 0.311 e. The van der Waals surface area contributed by atoms with Crippen molar-refractivity contribution < 1.29 is 19.4 Å². The fourth-order valence-corrected chi connectivity index (χ4v) is 5.32. The van der Waals surface area contributed by atoms with Crippen molar-refractivity contribution in [2.45, 2.75) is 107 Å². The molecule has 1 fully saturated rings. The largest absolute Gasteiger partial charge is 0.469 e. The van der Waals surface area contributed by atoms with Crippen LogP contribution in [0.5, 0.6) is 0 Å². The van der Waals surface area contributed by atoms with Crippen molar-refractivity contribution >= 4 is 23.5 Å². The first-order valence-electron chi connectivity index (χ1n) is 19.7. The molecule has 1 saturated heterocycles. The molecule has 4 rings (SSSR count). The molecule has 2 aliphatic heterocycles. The Balaban J connectivity index is -0.00000112. The lowest BCUT2D eigenvalue weighted by Crippen LogP contribution is -2.45. The van der Waals surface area contributed by atoms with Crippen molar-refractivity contribution in [3.8, 4) is 11.1 Å². The summed E-state index contributed by atoms with van der Waals surface area (Å²) >= 11 is 0. The predicted molar refractivity (Wildman–Crippen MR) is 236 cm³/mol. The zero-order chi connectivity index (χ0) is 43.8. The number of H-pyrrole nitrogens is 1. The molecule has 12 nitrogen and oxygen atoms in total. The maximum atomic E-state index is 13.5. The molecular formula is C44H75N7O5. The van der Waals surface area contributed by atoms with Crippen molar-refractivity contribution in [1.29, 1.82) is 10.8 Å². The molecule has 316 valence electrons. The van der Waals surface area contributed by atoms with Gasteiger partial charge in [-0.25, -0.2) is 0 Å². The molecule has 0 saturated carbocycles. The summed E-state index contributed by atoms with van der Waals surface area (Å²) in [7, 11) is 2.38. The summed E-state index contributed by atoms with van der Waals surface area (Å²) in [6.45, 7) is 25.2. The van der Waals surface area contributed by atoms with E-state index < -0.39 is 5.92 Å². The van der Waals surface area contributed by atoms with Crippen LogP contribution in [0.1, 0.15) is 112 Å². The minimum atomic E-state index is -0.481. The van der Waals surface area contributed by atoms with Crippen molar-refractivity contribution in [1.82, 2.24) is 14.8 Å². The third kappa shape index (κ3) is 23.1. The monoisotopic (exact) mass is 782 g/mol. The first-order valence-corrected chi connectivity index (χ1v) is 19.7. The summed E-state index contributed by atoms with van der Waals surface area (Å²) in [4.78, 5) is 43.8. The highest BCUT2D eigenvalue weighted by Crippen LogP contribution is 2.32. The number of aromatic amines is 1. The van der Waals surface area contributed by atoms with Gasteiger partial charge in [-0.3, -0.25) is 19.8 Å². The average Bonchev–Trinajstić information content (AvgIpc) is 3.68. The number of methoxy groups -OCH3 is 1. The van der Waals surface area contributed by atoms with Gasteiger partial charge in [0.1, 0.15) is 0 Å². The summed E-state index contributed by atoms with van der Waals surface area (Å²) in [5, 5.41) is 21.2. The molecule has 2 unspecified atom stereocenters. The molecular weight excluding hydrogens is 707 g/mol. The number of esters is 1. The normalized spacial score (nSPS) is 14.3. The van der Waals surface area contributed by atoms with Crippen LogP contribution in [-0.4, -0.2) is 83.3 Å². The van der Waals surface area contributed by atoms with Crippen LogP contribution in [0.3, 0.4) is 0 Å². The number of nitrogens with two attached hydrogens (primary N) is 2. The molecule has 0 radical (unpaired) electrons. The van der Waals surface area contributed by atoms with Crippen LogP contribution in [0, 0.1) is 22.7 Å². The molecule has 1 aromatic carbocycles. The number of nitrogens with one attached hydrogen (secondary N) is 3. The number of rotatable bonds is 8. The second-order valence-electron chi connectivity index (χ2n) is 12.9. The number of nitrogens with zero attached hydrogens (tertiary/aromatic N) is 2. The Morgan fingerprint density at radius 3 is 1.96 bits per heavy atom. The van der Waals surface area contributed by atoms with Gasteiger partial charge in [0.15, 0.2) is 5.96 Å². The molecule has 56 heavy (non-hydrogen) atoms. The van der Waals surface area contributed by atoms with Crippen LogP contribution < -0.4 is 17.0 Å². The van der Waals surface area contributed by atoms with E-state index >= 15 is 0 Å². The Morgan fingerprint density at radius 2 is 1.54 bits per heavy atom. The van der Waals surface area contributed by atoms with Gasteiger partial charge in [0.2, 0.25) is 5.56 Å². The Hall–Kier alpha value is -4.97. The zero-order valence-electron chi connectivity index (χ0n) is 36.5. The Morgan fingerprint density at radius 1 is 1.00 bits per heavy atom. The van der Waals surface area contributed by atoms with E-state index in [0.29, 0.717) is 48.9 Å². The summed E-state index contributed by atoms with van der Waals surface area (Å²) in [5.41, 5.74) is 15.4. The second kappa shape index (κ2) is 33.4. The maximum absolute atomic E-state index is 13.5. The van der Waals surface area contributed by atoms with Gasteiger partial charge >= 0.3 is 5.97 Å². The third-order valence-electron chi connectivity index (χ3n) is 7.52. The lowest BCUT2D eigenvalue weighted by Gasteiger charge is -2.33. The number of pyridine rings is 1. The lowest BCUT2D eigenvalue weighted by atomic mass is 9.88. The molecule has 2 aromatic rings. The minimum Gasteiger partial charge on any atom is -0.469 e. The number of hydrogen-bond donors (Lipinski definition) is 6. The number of aromatic nitrogens is 1. The van der Waals surface area contributed by atoms with Gasteiger partial charge in [-0.2, -0.15) is 0 Å². The number of guanidine groups is 1. The number of hydrogen-bond acceptors (Lipinski definition) is 8. The molecule has 0 bridgehead atoms. The van der Waals surface area contributed by atoms with E-state index in [2.05, 4.69) is 45.3 Å². The summed E-state index contributed by atoms with van der Waals surface area (Å²) in [5.74, 6) is -0.338. The quantitative estimate of drug-likeness (QED) is 0.0506. The number of aliphatic hydroxyl groups excluding tert-OH is 1. The van der Waals surface area contributed by atoms with Crippen molar-refractivity contribution in [2.75, 3.05) is 33.9 Å². The van der Waals surface area contributed by atoms with Gasteiger partial charge in [0.05, 0.1) is 13.0 Å². The van der Waals surface area contributed by atoms with Crippen LogP contribution in [-0.2, 0) is 9.53 Å². The zero-order valence-corrected chi connectivity index (χ0v) is 36.5. The Bertz CT molecular complexity index is 1510. The molecule has 8 N–H and O–H groups in total. The van der Waals surface area contributed by atoms with Crippen LogP contribution in [0.2, 0.25) is 0 Å². The lowest BCUT2D eigenvalue weighted by molar-refractivity contribution is -0.147. The Labute approximate surface area is 338 Å². The van der Waals surface area contributed by atoms with Gasteiger partial charge < -0.3 is 41.5 Å². The average molecular weight is 782 g/mol. The van der Waals surface area contributed by atoms with Crippen LogP contribution in [0.25, 0.3) is 11.1 Å².